The van der Waals surface area contributed by atoms with Crippen LogP contribution in [0.15, 0.2) is 30.6 Å². The van der Waals surface area contributed by atoms with Gasteiger partial charge in [-0.15, -0.1) is 0 Å². The maximum Gasteiger partial charge on any atom is 0.216 e. The Morgan fingerprint density at radius 1 is 1.14 bits per heavy atom. The van der Waals surface area contributed by atoms with E-state index in [1.807, 2.05) is 35.0 Å². The molecule has 3 heterocycles. The SMILES string of the molecule is CC(C)S(=O)(=O)N1CCN(c2cn3ccccc3n2)CC1. The Kier molecular flexibility index (Phi) is 3.62. The van der Waals surface area contributed by atoms with Crippen molar-refractivity contribution >= 4 is 21.5 Å². The van der Waals surface area contributed by atoms with E-state index in [-0.39, 0.29) is 5.25 Å². The predicted octanol–water partition coefficient (Wildman–Crippen LogP) is 1.19. The van der Waals surface area contributed by atoms with Gasteiger partial charge in [0.05, 0.1) is 11.4 Å². The van der Waals surface area contributed by atoms with Gasteiger partial charge in [-0.2, -0.15) is 4.31 Å². The molecule has 0 unspecified atom stereocenters. The quantitative estimate of drug-likeness (QED) is 0.855. The van der Waals surface area contributed by atoms with Crippen molar-refractivity contribution < 1.29 is 8.42 Å². The topological polar surface area (TPSA) is 57.9 Å². The summed E-state index contributed by atoms with van der Waals surface area (Å²) in [5, 5.41) is -0.362. The van der Waals surface area contributed by atoms with Crippen LogP contribution in [0.5, 0.6) is 0 Å². The van der Waals surface area contributed by atoms with Crippen LogP contribution in [0, 0.1) is 0 Å². The second kappa shape index (κ2) is 5.31. The third-order valence-corrected chi connectivity index (χ3v) is 6.15. The van der Waals surface area contributed by atoms with Crippen LogP contribution in [0.2, 0.25) is 0 Å². The first-order valence-corrected chi connectivity index (χ1v) is 8.66. The van der Waals surface area contributed by atoms with Crippen molar-refractivity contribution in [2.24, 2.45) is 0 Å². The van der Waals surface area contributed by atoms with E-state index >= 15 is 0 Å². The van der Waals surface area contributed by atoms with Gasteiger partial charge in [0.25, 0.3) is 0 Å². The van der Waals surface area contributed by atoms with Crippen LogP contribution in [-0.2, 0) is 10.0 Å². The predicted molar refractivity (Wildman–Crippen MR) is 83.0 cm³/mol. The van der Waals surface area contributed by atoms with E-state index in [1.54, 1.807) is 18.2 Å². The zero-order valence-corrected chi connectivity index (χ0v) is 13.1. The van der Waals surface area contributed by atoms with Gasteiger partial charge in [0, 0.05) is 32.4 Å². The van der Waals surface area contributed by atoms with E-state index in [2.05, 4.69) is 9.88 Å². The summed E-state index contributed by atoms with van der Waals surface area (Å²) in [7, 11) is -3.15. The fourth-order valence-corrected chi connectivity index (χ4v) is 3.81. The molecule has 6 nitrogen and oxygen atoms in total. The summed E-state index contributed by atoms with van der Waals surface area (Å²) in [5.41, 5.74) is 0.907. The number of aromatic nitrogens is 2. The molecule has 0 radical (unpaired) electrons. The van der Waals surface area contributed by atoms with Crippen LogP contribution in [-0.4, -0.2) is 53.5 Å². The molecule has 0 spiro atoms. The van der Waals surface area contributed by atoms with Crippen molar-refractivity contribution in [1.29, 1.82) is 0 Å². The van der Waals surface area contributed by atoms with E-state index in [0.29, 0.717) is 26.2 Å². The number of sulfonamides is 1. The number of anilines is 1. The molecular weight excluding hydrogens is 288 g/mol. The number of rotatable bonds is 3. The van der Waals surface area contributed by atoms with E-state index in [9.17, 15) is 8.42 Å². The highest BCUT2D eigenvalue weighted by Crippen LogP contribution is 2.19. The number of fused-ring (bicyclic) bond motifs is 1. The third kappa shape index (κ3) is 2.63. The fraction of sp³-hybridized carbons (Fsp3) is 0.500. The summed E-state index contributed by atoms with van der Waals surface area (Å²) in [6.45, 7) is 5.85. The van der Waals surface area contributed by atoms with Crippen LogP contribution in [0.1, 0.15) is 13.8 Å². The summed E-state index contributed by atoms with van der Waals surface area (Å²) in [5.74, 6) is 0.905. The fourth-order valence-electron chi connectivity index (χ4n) is 2.54. The molecule has 7 heteroatoms. The minimum atomic E-state index is -3.15. The van der Waals surface area contributed by atoms with Gasteiger partial charge in [-0.05, 0) is 26.0 Å². The molecule has 2 aromatic rings. The van der Waals surface area contributed by atoms with E-state index in [0.717, 1.165) is 11.5 Å². The number of pyridine rings is 1. The monoisotopic (exact) mass is 308 g/mol. The highest BCUT2D eigenvalue weighted by atomic mass is 32.2. The zero-order chi connectivity index (χ0) is 15.0. The number of piperazine rings is 1. The van der Waals surface area contributed by atoms with Gasteiger partial charge in [0.1, 0.15) is 11.5 Å². The van der Waals surface area contributed by atoms with Gasteiger partial charge < -0.3 is 9.30 Å². The Balaban J connectivity index is 1.74. The molecule has 3 rings (SSSR count). The first-order valence-electron chi connectivity index (χ1n) is 7.16. The average molecular weight is 308 g/mol. The van der Waals surface area contributed by atoms with Gasteiger partial charge >= 0.3 is 0 Å². The number of hydrogen-bond acceptors (Lipinski definition) is 4. The van der Waals surface area contributed by atoms with E-state index < -0.39 is 10.0 Å². The van der Waals surface area contributed by atoms with Crippen LogP contribution in [0.25, 0.3) is 5.65 Å². The van der Waals surface area contributed by atoms with Crippen LogP contribution in [0.3, 0.4) is 0 Å². The van der Waals surface area contributed by atoms with Gasteiger partial charge in [0.15, 0.2) is 0 Å². The van der Waals surface area contributed by atoms with Gasteiger partial charge in [-0.25, -0.2) is 13.4 Å². The molecule has 1 fully saturated rings. The van der Waals surface area contributed by atoms with Gasteiger partial charge in [-0.1, -0.05) is 6.07 Å². The second-order valence-corrected chi connectivity index (χ2v) is 8.03. The molecule has 0 amide bonds. The molecule has 1 aliphatic heterocycles. The molecule has 21 heavy (non-hydrogen) atoms. The summed E-state index contributed by atoms with van der Waals surface area (Å²) >= 11 is 0. The zero-order valence-electron chi connectivity index (χ0n) is 12.3. The molecule has 0 atom stereocenters. The first kappa shape index (κ1) is 14.3. The lowest BCUT2D eigenvalue weighted by Crippen LogP contribution is -2.50. The van der Waals surface area contributed by atoms with Crippen molar-refractivity contribution in [3.05, 3.63) is 30.6 Å². The molecule has 0 bridgehead atoms. The molecule has 1 aliphatic rings. The van der Waals surface area contributed by atoms with E-state index in [1.165, 1.54) is 0 Å². The van der Waals surface area contributed by atoms with Gasteiger partial charge in [-0.3, -0.25) is 0 Å². The highest BCUT2D eigenvalue weighted by Gasteiger charge is 2.29. The Morgan fingerprint density at radius 3 is 2.48 bits per heavy atom. The Morgan fingerprint density at radius 2 is 1.86 bits per heavy atom. The minimum absolute atomic E-state index is 0.362. The van der Waals surface area contributed by atoms with Crippen LogP contribution >= 0.6 is 0 Å². The van der Waals surface area contributed by atoms with Crippen molar-refractivity contribution in [2.45, 2.75) is 19.1 Å². The number of hydrogen-bond donors (Lipinski definition) is 0. The molecule has 2 aromatic heterocycles. The van der Waals surface area contributed by atoms with Crippen molar-refractivity contribution in [3.63, 3.8) is 0 Å². The molecule has 0 aromatic carbocycles. The van der Waals surface area contributed by atoms with Crippen molar-refractivity contribution in [1.82, 2.24) is 13.7 Å². The highest BCUT2D eigenvalue weighted by molar-refractivity contribution is 7.89. The second-order valence-electron chi connectivity index (χ2n) is 5.55. The third-order valence-electron chi connectivity index (χ3n) is 3.87. The van der Waals surface area contributed by atoms with E-state index in [4.69, 9.17) is 0 Å². The summed E-state index contributed by atoms with van der Waals surface area (Å²) in [4.78, 5) is 6.72. The molecule has 0 aliphatic carbocycles. The maximum atomic E-state index is 12.2. The lowest BCUT2D eigenvalue weighted by molar-refractivity contribution is 0.380. The smallest absolute Gasteiger partial charge is 0.216 e. The lowest BCUT2D eigenvalue weighted by atomic mass is 10.4. The maximum absolute atomic E-state index is 12.2. The number of nitrogens with zero attached hydrogens (tertiary/aromatic N) is 4. The van der Waals surface area contributed by atoms with Crippen LogP contribution < -0.4 is 4.90 Å². The number of imidazole rings is 1. The molecule has 114 valence electrons. The summed E-state index contributed by atoms with van der Waals surface area (Å²) in [6.07, 6.45) is 3.95. The summed E-state index contributed by atoms with van der Waals surface area (Å²) < 4.78 is 27.9. The summed E-state index contributed by atoms with van der Waals surface area (Å²) in [6, 6.07) is 5.88. The molecule has 0 N–H and O–H groups in total. The molecule has 1 saturated heterocycles. The average Bonchev–Trinajstić information content (AvgIpc) is 2.91. The Hall–Kier alpha value is -1.60. The Bertz CT molecular complexity index is 697. The molecular formula is C14H20N4O2S. The van der Waals surface area contributed by atoms with Crippen molar-refractivity contribution in [2.75, 3.05) is 31.1 Å². The normalized spacial score (nSPS) is 17.8. The Labute approximate surface area is 125 Å². The van der Waals surface area contributed by atoms with Gasteiger partial charge in [0.2, 0.25) is 10.0 Å². The standard InChI is InChI=1S/C14H20N4O2S/c1-12(2)21(19,20)18-9-7-16(8-10-18)14-11-17-6-4-3-5-13(17)15-14/h3-6,11-12H,7-10H2,1-2H3. The minimum Gasteiger partial charge on any atom is -0.353 e. The van der Waals surface area contributed by atoms with Crippen LogP contribution in [0.4, 0.5) is 5.82 Å². The van der Waals surface area contributed by atoms with Crippen molar-refractivity contribution in [3.8, 4) is 0 Å². The first-order chi connectivity index (χ1) is 9.98. The molecule has 0 saturated carbocycles. The largest absolute Gasteiger partial charge is 0.353 e. The lowest BCUT2D eigenvalue weighted by Gasteiger charge is -2.34.